The lowest BCUT2D eigenvalue weighted by Crippen LogP contribution is -2.14. The Hall–Kier alpha value is -0.570. The van der Waals surface area contributed by atoms with E-state index in [1.54, 1.807) is 0 Å². The average Bonchev–Trinajstić information content (AvgIpc) is 2.57. The fourth-order valence-electron chi connectivity index (χ4n) is 0.967. The Morgan fingerprint density at radius 3 is 2.75 bits per heavy atom. The summed E-state index contributed by atoms with van der Waals surface area (Å²) < 4.78 is 2.00. The van der Waals surface area contributed by atoms with Crippen molar-refractivity contribution in [2.75, 3.05) is 23.5 Å². The Morgan fingerprint density at radius 2 is 2.08 bits per heavy atom. The van der Waals surface area contributed by atoms with Gasteiger partial charge in [-0.05, 0) is 30.1 Å². The lowest BCUT2D eigenvalue weighted by atomic mass is 10.5. The number of nitrogens with zero attached hydrogens (tertiary/aromatic N) is 1. The van der Waals surface area contributed by atoms with Crippen molar-refractivity contribution in [3.05, 3.63) is 24.5 Å². The van der Waals surface area contributed by atoms with Crippen molar-refractivity contribution in [2.45, 2.75) is 13.3 Å². The molecule has 0 atom stereocenters. The molecule has 2 nitrogen and oxygen atoms in total. The molecule has 0 aliphatic rings. The number of hydrogen-bond donors (Lipinski definition) is 1. The maximum absolute atomic E-state index is 3.29. The van der Waals surface area contributed by atoms with E-state index in [4.69, 9.17) is 0 Å². The third kappa shape index (κ3) is 3.72. The Labute approximate surface area is 78.3 Å². The van der Waals surface area contributed by atoms with Crippen LogP contribution in [0.2, 0.25) is 0 Å². The van der Waals surface area contributed by atoms with Gasteiger partial charge in [0.15, 0.2) is 0 Å². The van der Waals surface area contributed by atoms with Crippen LogP contribution in [0.15, 0.2) is 24.5 Å². The van der Waals surface area contributed by atoms with E-state index in [0.717, 1.165) is 6.54 Å². The highest BCUT2D eigenvalue weighted by Crippen LogP contribution is 1.99. The van der Waals surface area contributed by atoms with Crippen molar-refractivity contribution < 1.29 is 0 Å². The largest absolute Gasteiger partial charge is 0.326 e. The van der Waals surface area contributed by atoms with E-state index in [1.165, 1.54) is 17.9 Å². The molecule has 0 spiro atoms. The van der Waals surface area contributed by atoms with Gasteiger partial charge in [0.1, 0.15) is 0 Å². The van der Waals surface area contributed by atoms with Crippen molar-refractivity contribution in [3.8, 4) is 0 Å². The van der Waals surface area contributed by atoms with Gasteiger partial charge in [0.05, 0.1) is 0 Å². The summed E-state index contributed by atoms with van der Waals surface area (Å²) in [4.78, 5) is 0. The zero-order valence-electron chi connectivity index (χ0n) is 7.49. The highest BCUT2D eigenvalue weighted by Gasteiger charge is 1.87. The predicted octanol–water partition coefficient (Wildman–Crippen LogP) is 2.17. The van der Waals surface area contributed by atoms with Crippen LogP contribution in [-0.4, -0.2) is 22.7 Å². The van der Waals surface area contributed by atoms with Crippen molar-refractivity contribution in [3.63, 3.8) is 0 Å². The first-order valence-electron chi connectivity index (χ1n) is 4.38. The molecule has 0 aliphatic carbocycles. The summed E-state index contributed by atoms with van der Waals surface area (Å²) in [6.07, 6.45) is 5.27. The van der Waals surface area contributed by atoms with Gasteiger partial charge < -0.3 is 5.43 Å². The lowest BCUT2D eigenvalue weighted by molar-refractivity contribution is 0.817. The normalized spacial score (nSPS) is 10.1. The van der Waals surface area contributed by atoms with Crippen LogP contribution in [0.3, 0.4) is 0 Å². The highest BCUT2D eigenvalue weighted by atomic mass is 32.2. The van der Waals surface area contributed by atoms with E-state index >= 15 is 0 Å². The van der Waals surface area contributed by atoms with E-state index in [9.17, 15) is 0 Å². The summed E-state index contributed by atoms with van der Waals surface area (Å²) in [5.74, 6) is 2.48. The molecule has 12 heavy (non-hydrogen) atoms. The summed E-state index contributed by atoms with van der Waals surface area (Å²) >= 11 is 2.00. The Morgan fingerprint density at radius 1 is 1.33 bits per heavy atom. The summed E-state index contributed by atoms with van der Waals surface area (Å²) in [6, 6.07) is 4.04. The molecule has 1 rings (SSSR count). The number of thioether (sulfide) groups is 1. The van der Waals surface area contributed by atoms with E-state index < -0.39 is 0 Å². The van der Waals surface area contributed by atoms with Crippen molar-refractivity contribution in [2.24, 2.45) is 0 Å². The first kappa shape index (κ1) is 9.52. The molecule has 0 radical (unpaired) electrons. The fraction of sp³-hybridized carbons (Fsp3) is 0.556. The molecule has 0 fully saturated rings. The molecule has 0 aliphatic heterocycles. The van der Waals surface area contributed by atoms with Crippen molar-refractivity contribution in [1.29, 1.82) is 0 Å². The van der Waals surface area contributed by atoms with E-state index in [1.807, 2.05) is 41.0 Å². The molecule has 0 saturated carbocycles. The SMILES string of the molecule is CCSCCCNn1cccc1. The zero-order valence-corrected chi connectivity index (χ0v) is 8.31. The monoisotopic (exact) mass is 184 g/mol. The Kier molecular flexibility index (Phi) is 4.76. The topological polar surface area (TPSA) is 17.0 Å². The quantitative estimate of drug-likeness (QED) is 0.682. The summed E-state index contributed by atoms with van der Waals surface area (Å²) in [7, 11) is 0. The highest BCUT2D eigenvalue weighted by molar-refractivity contribution is 7.99. The molecule has 0 bridgehead atoms. The third-order valence-electron chi connectivity index (χ3n) is 1.57. The first-order valence-corrected chi connectivity index (χ1v) is 5.53. The molecule has 0 amide bonds. The van der Waals surface area contributed by atoms with Crippen molar-refractivity contribution >= 4 is 11.8 Å². The second kappa shape index (κ2) is 6.00. The zero-order chi connectivity index (χ0) is 8.65. The summed E-state index contributed by atoms with van der Waals surface area (Å²) in [5.41, 5.74) is 3.29. The van der Waals surface area contributed by atoms with Crippen LogP contribution >= 0.6 is 11.8 Å². The molecule has 3 heteroatoms. The average molecular weight is 184 g/mol. The molecular formula is C9H16N2S. The van der Waals surface area contributed by atoms with Crippen LogP contribution in [0.25, 0.3) is 0 Å². The molecule has 1 aromatic heterocycles. The third-order valence-corrected chi connectivity index (χ3v) is 2.55. The van der Waals surface area contributed by atoms with Gasteiger partial charge in [-0.25, -0.2) is 0 Å². The van der Waals surface area contributed by atoms with Gasteiger partial charge in [0, 0.05) is 18.9 Å². The Bertz CT molecular complexity index is 184. The van der Waals surface area contributed by atoms with Gasteiger partial charge >= 0.3 is 0 Å². The number of nitrogens with one attached hydrogen (secondary N) is 1. The maximum atomic E-state index is 3.29. The fourth-order valence-corrected chi connectivity index (χ4v) is 1.60. The minimum atomic E-state index is 1.06. The smallest absolute Gasteiger partial charge is 0.0321 e. The second-order valence-electron chi connectivity index (χ2n) is 2.55. The van der Waals surface area contributed by atoms with Crippen LogP contribution < -0.4 is 5.43 Å². The molecule has 0 unspecified atom stereocenters. The van der Waals surface area contributed by atoms with Crippen LogP contribution in [0.4, 0.5) is 0 Å². The van der Waals surface area contributed by atoms with Crippen molar-refractivity contribution in [1.82, 2.24) is 4.68 Å². The lowest BCUT2D eigenvalue weighted by Gasteiger charge is -2.05. The van der Waals surface area contributed by atoms with Gasteiger partial charge in [-0.1, -0.05) is 6.92 Å². The van der Waals surface area contributed by atoms with Gasteiger partial charge in [0.2, 0.25) is 0 Å². The van der Waals surface area contributed by atoms with Crippen LogP contribution in [0.1, 0.15) is 13.3 Å². The maximum Gasteiger partial charge on any atom is 0.0321 e. The first-order chi connectivity index (χ1) is 5.93. The molecule has 0 saturated heterocycles. The van der Waals surface area contributed by atoms with Crippen LogP contribution in [0, 0.1) is 0 Å². The molecule has 68 valence electrons. The number of rotatable bonds is 6. The van der Waals surface area contributed by atoms with Gasteiger partial charge in [0.25, 0.3) is 0 Å². The summed E-state index contributed by atoms with van der Waals surface area (Å²) in [5, 5.41) is 0. The van der Waals surface area contributed by atoms with Gasteiger partial charge in [-0.15, -0.1) is 0 Å². The van der Waals surface area contributed by atoms with Gasteiger partial charge in [-0.3, -0.25) is 4.68 Å². The minimum absolute atomic E-state index is 1.06. The predicted molar refractivity (Wildman–Crippen MR) is 56.3 cm³/mol. The van der Waals surface area contributed by atoms with E-state index in [0.29, 0.717) is 0 Å². The number of hydrogen-bond acceptors (Lipinski definition) is 2. The van der Waals surface area contributed by atoms with Crippen LogP contribution in [-0.2, 0) is 0 Å². The standard InChI is InChI=1S/C9H16N2S/c1-2-12-9-5-6-10-11-7-3-4-8-11/h3-4,7-8,10H,2,5-6,9H2,1H3. The molecule has 1 aromatic rings. The molecule has 0 aromatic carbocycles. The van der Waals surface area contributed by atoms with Gasteiger partial charge in [-0.2, -0.15) is 11.8 Å². The molecule has 1 N–H and O–H groups in total. The Balaban J connectivity index is 1.96. The summed E-state index contributed by atoms with van der Waals surface area (Å²) in [6.45, 7) is 3.26. The number of aromatic nitrogens is 1. The molecule has 1 heterocycles. The van der Waals surface area contributed by atoms with Crippen LogP contribution in [0.5, 0.6) is 0 Å². The minimum Gasteiger partial charge on any atom is -0.326 e. The van der Waals surface area contributed by atoms with E-state index in [2.05, 4.69) is 12.3 Å². The molecular weight excluding hydrogens is 168 g/mol. The second-order valence-corrected chi connectivity index (χ2v) is 3.94. The van der Waals surface area contributed by atoms with E-state index in [-0.39, 0.29) is 0 Å².